The molecule has 0 bridgehead atoms. The van der Waals surface area contributed by atoms with E-state index in [0.29, 0.717) is 5.57 Å². The summed E-state index contributed by atoms with van der Waals surface area (Å²) in [6.45, 7) is 7.72. The second-order valence-corrected chi connectivity index (χ2v) is 7.06. The number of allylic oxidation sites excluding steroid dienone is 1. The number of anilines is 1. The van der Waals surface area contributed by atoms with Crippen molar-refractivity contribution in [3.05, 3.63) is 30.2 Å². The summed E-state index contributed by atoms with van der Waals surface area (Å²) < 4.78 is 0. The number of piperidine rings is 1. The number of hydrogen-bond donors (Lipinski definition) is 0. The summed E-state index contributed by atoms with van der Waals surface area (Å²) >= 11 is 0. The number of hydrogen-bond acceptors (Lipinski definition) is 5. The molecule has 0 saturated carbocycles. The lowest BCUT2D eigenvalue weighted by Gasteiger charge is -2.53. The van der Waals surface area contributed by atoms with E-state index in [2.05, 4.69) is 27.9 Å². The second kappa shape index (κ2) is 4.91. The van der Waals surface area contributed by atoms with Crippen LogP contribution in [0, 0.1) is 28.1 Å². The number of carbonyl (C=O) groups is 1. The summed E-state index contributed by atoms with van der Waals surface area (Å²) in [4.78, 5) is 23.0. The Balaban J connectivity index is 1.99. The van der Waals surface area contributed by atoms with Crippen molar-refractivity contribution in [1.29, 1.82) is 5.26 Å². The number of aromatic nitrogens is 2. The molecular weight excluding hydrogens is 276 g/mol. The van der Waals surface area contributed by atoms with Gasteiger partial charge in [-0.1, -0.05) is 26.8 Å². The Morgan fingerprint density at radius 2 is 2.18 bits per heavy atom. The maximum Gasteiger partial charge on any atom is 0.178 e. The molecule has 1 saturated heterocycles. The summed E-state index contributed by atoms with van der Waals surface area (Å²) in [6, 6.07) is 3.99. The van der Waals surface area contributed by atoms with Gasteiger partial charge in [-0.25, -0.2) is 9.97 Å². The van der Waals surface area contributed by atoms with Gasteiger partial charge in [-0.15, -0.1) is 0 Å². The van der Waals surface area contributed by atoms with E-state index in [1.807, 2.05) is 26.0 Å². The standard InChI is InChI=1S/C17H20N4O/c1-16(2)13-5-7-21(14-4-6-19-11-20-14)10-17(13,3)8-12(9-18)15(16)22/h4,6,8,11,13H,5,7,10H2,1-3H3/t13-,17+/m1/s1. The van der Waals surface area contributed by atoms with Crippen LogP contribution in [0.15, 0.2) is 30.2 Å². The molecule has 1 aliphatic heterocycles. The lowest BCUT2D eigenvalue weighted by molar-refractivity contribution is -0.130. The summed E-state index contributed by atoms with van der Waals surface area (Å²) in [5.74, 6) is 1.12. The van der Waals surface area contributed by atoms with Gasteiger partial charge in [0.15, 0.2) is 5.78 Å². The number of Topliss-reactive ketones (excluding diaryl/α,β-unsaturated/α-hetero) is 1. The number of carbonyl (C=O) groups excluding carboxylic acids is 1. The molecule has 2 heterocycles. The van der Waals surface area contributed by atoms with E-state index in [1.165, 1.54) is 0 Å². The Morgan fingerprint density at radius 3 is 2.82 bits per heavy atom. The minimum atomic E-state index is -0.494. The van der Waals surface area contributed by atoms with Crippen LogP contribution in [-0.4, -0.2) is 28.8 Å². The van der Waals surface area contributed by atoms with Crippen molar-refractivity contribution in [3.8, 4) is 6.07 Å². The molecule has 0 spiro atoms. The molecule has 0 N–H and O–H groups in total. The van der Waals surface area contributed by atoms with Crippen LogP contribution in [0.25, 0.3) is 0 Å². The first-order valence-corrected chi connectivity index (χ1v) is 7.57. The molecule has 1 fully saturated rings. The van der Waals surface area contributed by atoms with Crippen LogP contribution < -0.4 is 4.90 Å². The van der Waals surface area contributed by atoms with E-state index in [4.69, 9.17) is 0 Å². The molecule has 114 valence electrons. The molecule has 3 rings (SSSR count). The van der Waals surface area contributed by atoms with Gasteiger partial charge in [-0.3, -0.25) is 4.79 Å². The minimum absolute atomic E-state index is 0.0204. The Kier molecular flexibility index (Phi) is 3.28. The first kappa shape index (κ1) is 14.7. The zero-order valence-corrected chi connectivity index (χ0v) is 13.2. The van der Waals surface area contributed by atoms with Crippen molar-refractivity contribution >= 4 is 11.6 Å². The van der Waals surface area contributed by atoms with Crippen LogP contribution in [0.1, 0.15) is 27.2 Å². The van der Waals surface area contributed by atoms with Gasteiger partial charge in [0.05, 0.1) is 5.57 Å². The number of fused-ring (bicyclic) bond motifs is 1. The van der Waals surface area contributed by atoms with Gasteiger partial charge >= 0.3 is 0 Å². The Bertz CT molecular complexity index is 674. The van der Waals surface area contributed by atoms with Gasteiger partial charge < -0.3 is 4.90 Å². The summed E-state index contributed by atoms with van der Waals surface area (Å²) in [5, 5.41) is 9.31. The number of ketones is 1. The lowest BCUT2D eigenvalue weighted by Crippen LogP contribution is -2.55. The number of nitrogens with zero attached hydrogens (tertiary/aromatic N) is 4. The largest absolute Gasteiger partial charge is 0.356 e. The van der Waals surface area contributed by atoms with Crippen LogP contribution in [0.3, 0.4) is 0 Å². The Labute approximate surface area is 130 Å². The van der Waals surface area contributed by atoms with Gasteiger partial charge in [0.1, 0.15) is 18.2 Å². The SMILES string of the molecule is CC1(C)C(=O)C(C#N)=C[C@@]2(C)CN(c3ccncn3)CC[C@H]12. The fourth-order valence-corrected chi connectivity index (χ4v) is 4.20. The van der Waals surface area contributed by atoms with E-state index in [1.54, 1.807) is 12.5 Å². The van der Waals surface area contributed by atoms with E-state index in [-0.39, 0.29) is 17.1 Å². The molecule has 0 radical (unpaired) electrons. The van der Waals surface area contributed by atoms with Crippen LogP contribution in [0.4, 0.5) is 5.82 Å². The molecule has 0 aromatic carbocycles. The molecular formula is C17H20N4O. The molecule has 5 heteroatoms. The quantitative estimate of drug-likeness (QED) is 0.795. The topological polar surface area (TPSA) is 69.9 Å². The number of rotatable bonds is 1. The van der Waals surface area contributed by atoms with Crippen molar-refractivity contribution in [1.82, 2.24) is 9.97 Å². The van der Waals surface area contributed by atoms with Crippen LogP contribution in [0.5, 0.6) is 0 Å². The average Bonchev–Trinajstić information content (AvgIpc) is 2.51. The zero-order chi connectivity index (χ0) is 16.0. The third-order valence-corrected chi connectivity index (χ3v) is 5.20. The lowest BCUT2D eigenvalue weighted by atomic mass is 9.55. The highest BCUT2D eigenvalue weighted by atomic mass is 16.1. The summed E-state index contributed by atoms with van der Waals surface area (Å²) in [5.41, 5.74) is -0.397. The highest BCUT2D eigenvalue weighted by Crippen LogP contribution is 2.52. The Hall–Kier alpha value is -2.22. The predicted molar refractivity (Wildman–Crippen MR) is 82.9 cm³/mol. The van der Waals surface area contributed by atoms with Gasteiger partial charge in [-0.05, 0) is 18.4 Å². The summed E-state index contributed by atoms with van der Waals surface area (Å²) in [7, 11) is 0. The van der Waals surface area contributed by atoms with Crippen LogP contribution in [0.2, 0.25) is 0 Å². The van der Waals surface area contributed by atoms with E-state index in [9.17, 15) is 10.1 Å². The molecule has 2 atom stereocenters. The average molecular weight is 296 g/mol. The van der Waals surface area contributed by atoms with Crippen LogP contribution >= 0.6 is 0 Å². The molecule has 2 aliphatic rings. The Morgan fingerprint density at radius 1 is 1.41 bits per heavy atom. The highest BCUT2D eigenvalue weighted by Gasteiger charge is 2.53. The van der Waals surface area contributed by atoms with Crippen molar-refractivity contribution in [2.45, 2.75) is 27.2 Å². The van der Waals surface area contributed by atoms with Gasteiger partial charge in [0.2, 0.25) is 0 Å². The monoisotopic (exact) mass is 296 g/mol. The summed E-state index contributed by atoms with van der Waals surface area (Å²) in [6.07, 6.45) is 6.09. The van der Waals surface area contributed by atoms with Gasteiger partial charge in [-0.2, -0.15) is 5.26 Å². The van der Waals surface area contributed by atoms with E-state index >= 15 is 0 Å². The third-order valence-electron chi connectivity index (χ3n) is 5.20. The van der Waals surface area contributed by atoms with E-state index in [0.717, 1.165) is 25.3 Å². The molecule has 0 amide bonds. The first-order chi connectivity index (χ1) is 10.4. The van der Waals surface area contributed by atoms with Crippen molar-refractivity contribution in [2.24, 2.45) is 16.7 Å². The normalized spacial score (nSPS) is 30.3. The van der Waals surface area contributed by atoms with Crippen molar-refractivity contribution in [3.63, 3.8) is 0 Å². The van der Waals surface area contributed by atoms with Gasteiger partial charge in [0, 0.05) is 30.1 Å². The fourth-order valence-electron chi connectivity index (χ4n) is 4.20. The molecule has 1 aliphatic carbocycles. The van der Waals surface area contributed by atoms with Crippen molar-refractivity contribution in [2.75, 3.05) is 18.0 Å². The second-order valence-electron chi connectivity index (χ2n) is 7.06. The molecule has 5 nitrogen and oxygen atoms in total. The number of nitriles is 1. The highest BCUT2D eigenvalue weighted by molar-refractivity contribution is 6.04. The van der Waals surface area contributed by atoms with E-state index < -0.39 is 5.41 Å². The fraction of sp³-hybridized carbons (Fsp3) is 0.529. The molecule has 22 heavy (non-hydrogen) atoms. The maximum atomic E-state index is 12.5. The smallest absolute Gasteiger partial charge is 0.178 e. The van der Waals surface area contributed by atoms with Crippen LogP contribution in [-0.2, 0) is 4.79 Å². The zero-order valence-electron chi connectivity index (χ0n) is 13.2. The molecule has 1 aromatic rings. The maximum absolute atomic E-state index is 12.5. The van der Waals surface area contributed by atoms with Gasteiger partial charge in [0.25, 0.3) is 0 Å². The van der Waals surface area contributed by atoms with Crippen molar-refractivity contribution < 1.29 is 4.79 Å². The molecule has 0 unspecified atom stereocenters. The minimum Gasteiger partial charge on any atom is -0.356 e. The first-order valence-electron chi connectivity index (χ1n) is 7.57. The third kappa shape index (κ3) is 2.10. The predicted octanol–water partition coefficient (Wildman–Crippen LogP) is 2.37. The molecule has 1 aromatic heterocycles.